The molecule has 21 heavy (non-hydrogen) atoms. The Balaban J connectivity index is 3.09. The van der Waals surface area contributed by atoms with Gasteiger partial charge < -0.3 is 10.6 Å². The molecule has 0 aliphatic heterocycles. The van der Waals surface area contributed by atoms with E-state index in [9.17, 15) is 0 Å². The van der Waals surface area contributed by atoms with E-state index in [0.29, 0.717) is 12.5 Å². The van der Waals surface area contributed by atoms with E-state index in [1.807, 2.05) is 0 Å². The van der Waals surface area contributed by atoms with Crippen molar-refractivity contribution in [2.45, 2.75) is 97.4 Å². The fourth-order valence-electron chi connectivity index (χ4n) is 2.38. The number of nitrogens with two attached hydrogens (primary N) is 1. The molecule has 0 aliphatic carbocycles. The third-order valence-corrected chi connectivity index (χ3v) is 4.39. The number of hydrogen-bond acceptors (Lipinski definition) is 3. The van der Waals surface area contributed by atoms with Crippen LogP contribution in [0.15, 0.2) is 0 Å². The van der Waals surface area contributed by atoms with Gasteiger partial charge in [0.05, 0.1) is 6.61 Å². The number of hydroxylamine groups is 1. The quantitative estimate of drug-likeness (QED) is 0.318. The monoisotopic (exact) mass is 300 g/mol. The van der Waals surface area contributed by atoms with Crippen LogP contribution in [0.4, 0.5) is 0 Å². The lowest BCUT2D eigenvalue weighted by Crippen LogP contribution is -2.35. The fourth-order valence-corrected chi connectivity index (χ4v) is 2.38. The molecular weight excluding hydrogens is 260 g/mol. The summed E-state index contributed by atoms with van der Waals surface area (Å²) in [5.74, 6) is 0.532. The van der Waals surface area contributed by atoms with Crippen LogP contribution in [-0.2, 0) is 4.84 Å². The summed E-state index contributed by atoms with van der Waals surface area (Å²) in [6.45, 7) is 8.18. The maximum absolute atomic E-state index is 6.00. The molecule has 128 valence electrons. The highest BCUT2D eigenvalue weighted by Crippen LogP contribution is 2.10. The molecule has 3 heteroatoms. The molecule has 0 bridgehead atoms. The van der Waals surface area contributed by atoms with Gasteiger partial charge in [0.2, 0.25) is 0 Å². The predicted octanol–water partition coefficient (Wildman–Crippen LogP) is 4.80. The molecule has 0 aromatic rings. The number of rotatable bonds is 16. The van der Waals surface area contributed by atoms with Crippen LogP contribution in [-0.4, -0.2) is 19.2 Å². The van der Waals surface area contributed by atoms with Gasteiger partial charge in [-0.2, -0.15) is 0 Å². The van der Waals surface area contributed by atoms with Crippen molar-refractivity contribution in [3.05, 3.63) is 0 Å². The Labute approximate surface area is 133 Å². The van der Waals surface area contributed by atoms with E-state index in [1.54, 1.807) is 0 Å². The van der Waals surface area contributed by atoms with E-state index in [0.717, 1.165) is 13.0 Å². The van der Waals surface area contributed by atoms with E-state index < -0.39 is 0 Å². The minimum absolute atomic E-state index is 0.148. The Morgan fingerprint density at radius 3 is 1.90 bits per heavy atom. The van der Waals surface area contributed by atoms with Crippen molar-refractivity contribution in [3.63, 3.8) is 0 Å². The lowest BCUT2D eigenvalue weighted by molar-refractivity contribution is 0.0233. The molecule has 2 unspecified atom stereocenters. The first kappa shape index (κ1) is 20.9. The second kappa shape index (κ2) is 16.3. The zero-order valence-electron chi connectivity index (χ0n) is 14.8. The molecule has 0 aliphatic rings. The van der Waals surface area contributed by atoms with E-state index in [2.05, 4.69) is 26.3 Å². The van der Waals surface area contributed by atoms with Crippen molar-refractivity contribution in [1.82, 2.24) is 5.48 Å². The van der Waals surface area contributed by atoms with Crippen LogP contribution in [0.5, 0.6) is 0 Å². The van der Waals surface area contributed by atoms with Crippen LogP contribution in [0.25, 0.3) is 0 Å². The topological polar surface area (TPSA) is 47.3 Å². The van der Waals surface area contributed by atoms with Gasteiger partial charge in [0.25, 0.3) is 0 Å². The maximum Gasteiger partial charge on any atom is 0.0835 e. The van der Waals surface area contributed by atoms with Gasteiger partial charge in [-0.25, -0.2) is 5.48 Å². The van der Waals surface area contributed by atoms with Crippen molar-refractivity contribution >= 4 is 0 Å². The van der Waals surface area contributed by atoms with Crippen molar-refractivity contribution in [2.75, 3.05) is 13.2 Å². The van der Waals surface area contributed by atoms with E-state index in [1.165, 1.54) is 64.2 Å². The first-order chi connectivity index (χ1) is 10.2. The maximum atomic E-state index is 6.00. The number of unbranched alkanes of at least 4 members (excludes halogenated alkanes) is 9. The van der Waals surface area contributed by atoms with Gasteiger partial charge in [-0.1, -0.05) is 85.0 Å². The number of hydrogen-bond donors (Lipinski definition) is 2. The molecule has 0 aromatic carbocycles. The van der Waals surface area contributed by atoms with Gasteiger partial charge >= 0.3 is 0 Å². The molecule has 0 rings (SSSR count). The summed E-state index contributed by atoms with van der Waals surface area (Å²) in [5, 5.41) is 0. The van der Waals surface area contributed by atoms with Gasteiger partial charge in [-0.05, 0) is 12.3 Å². The fraction of sp³-hybridized carbons (Fsp3) is 1.00. The van der Waals surface area contributed by atoms with Crippen molar-refractivity contribution in [3.8, 4) is 0 Å². The highest BCUT2D eigenvalue weighted by Gasteiger charge is 2.10. The van der Waals surface area contributed by atoms with Crippen molar-refractivity contribution < 1.29 is 4.84 Å². The second-order valence-corrected chi connectivity index (χ2v) is 6.44. The van der Waals surface area contributed by atoms with Crippen LogP contribution in [0.3, 0.4) is 0 Å². The lowest BCUT2D eigenvalue weighted by Gasteiger charge is -2.18. The van der Waals surface area contributed by atoms with Gasteiger partial charge in [0.15, 0.2) is 0 Å². The standard InChI is InChI=1S/C18H40N2O/c1-4-6-7-8-9-10-11-12-13-14-15-20-21-16-18(19)17(3)5-2/h17-18,20H,4-16,19H2,1-3H3. The molecule has 2 atom stereocenters. The predicted molar refractivity (Wildman–Crippen MR) is 93.2 cm³/mol. The van der Waals surface area contributed by atoms with Gasteiger partial charge in [0, 0.05) is 12.6 Å². The van der Waals surface area contributed by atoms with Crippen LogP contribution < -0.4 is 11.2 Å². The van der Waals surface area contributed by atoms with Crippen LogP contribution >= 0.6 is 0 Å². The largest absolute Gasteiger partial charge is 0.325 e. The minimum Gasteiger partial charge on any atom is -0.325 e. The Morgan fingerprint density at radius 1 is 0.857 bits per heavy atom. The van der Waals surface area contributed by atoms with E-state index >= 15 is 0 Å². The summed E-state index contributed by atoms with van der Waals surface area (Å²) in [7, 11) is 0. The SMILES string of the molecule is CCCCCCCCCCCCNOCC(N)C(C)CC. The Morgan fingerprint density at radius 2 is 1.38 bits per heavy atom. The Bertz CT molecular complexity index is 200. The van der Waals surface area contributed by atoms with Crippen molar-refractivity contribution in [1.29, 1.82) is 0 Å². The lowest BCUT2D eigenvalue weighted by atomic mass is 10.0. The summed E-state index contributed by atoms with van der Waals surface area (Å²) >= 11 is 0. The summed E-state index contributed by atoms with van der Waals surface area (Å²) in [6, 6.07) is 0.148. The van der Waals surface area contributed by atoms with E-state index in [-0.39, 0.29) is 6.04 Å². The molecule has 3 nitrogen and oxygen atoms in total. The highest BCUT2D eigenvalue weighted by atomic mass is 16.6. The van der Waals surface area contributed by atoms with Crippen LogP contribution in [0, 0.1) is 5.92 Å². The molecular formula is C18H40N2O. The minimum atomic E-state index is 0.148. The van der Waals surface area contributed by atoms with Crippen molar-refractivity contribution in [2.24, 2.45) is 11.7 Å². The second-order valence-electron chi connectivity index (χ2n) is 6.44. The van der Waals surface area contributed by atoms with E-state index in [4.69, 9.17) is 10.6 Å². The molecule has 0 saturated heterocycles. The zero-order valence-corrected chi connectivity index (χ0v) is 14.8. The number of nitrogens with one attached hydrogen (secondary N) is 1. The third-order valence-electron chi connectivity index (χ3n) is 4.39. The summed E-state index contributed by atoms with van der Waals surface area (Å²) in [5.41, 5.74) is 9.04. The Kier molecular flexibility index (Phi) is 16.2. The highest BCUT2D eigenvalue weighted by molar-refractivity contribution is 4.66. The smallest absolute Gasteiger partial charge is 0.0835 e. The normalized spacial score (nSPS) is 14.3. The zero-order chi connectivity index (χ0) is 15.8. The van der Waals surface area contributed by atoms with Crippen LogP contribution in [0.2, 0.25) is 0 Å². The Hall–Kier alpha value is -0.120. The molecule has 0 radical (unpaired) electrons. The summed E-state index contributed by atoms with van der Waals surface area (Å²) < 4.78 is 0. The molecule has 0 heterocycles. The van der Waals surface area contributed by atoms with Gasteiger partial charge in [-0.3, -0.25) is 0 Å². The summed E-state index contributed by atoms with van der Waals surface area (Å²) in [4.78, 5) is 5.43. The molecule has 0 aromatic heterocycles. The van der Waals surface area contributed by atoms with Gasteiger partial charge in [-0.15, -0.1) is 0 Å². The molecule has 0 amide bonds. The third kappa shape index (κ3) is 14.6. The summed E-state index contributed by atoms with van der Waals surface area (Å²) in [6.07, 6.45) is 14.8. The van der Waals surface area contributed by atoms with Gasteiger partial charge in [0.1, 0.15) is 0 Å². The molecule has 0 fully saturated rings. The van der Waals surface area contributed by atoms with Crippen LogP contribution in [0.1, 0.15) is 91.4 Å². The average Bonchev–Trinajstić information content (AvgIpc) is 2.50. The first-order valence-corrected chi connectivity index (χ1v) is 9.32. The first-order valence-electron chi connectivity index (χ1n) is 9.32. The molecule has 0 saturated carbocycles. The molecule has 0 spiro atoms. The average molecular weight is 301 g/mol. The molecule has 3 N–H and O–H groups in total.